The molecule has 4 saturated carbocycles. The Kier molecular flexibility index (Phi) is 14.4. The molecule has 0 saturated heterocycles. The first-order valence-electron chi connectivity index (χ1n) is 18.8. The molecule has 4 heteroatoms. The van der Waals surface area contributed by atoms with Crippen LogP contribution in [0.1, 0.15) is 149 Å². The zero-order valence-corrected chi connectivity index (χ0v) is 32.2. The van der Waals surface area contributed by atoms with E-state index in [1.807, 2.05) is 46.8 Å². The summed E-state index contributed by atoms with van der Waals surface area (Å²) in [4.78, 5) is 12.0. The molecule has 0 aliphatic heterocycles. The number of allylic oxidation sites excluding steroid dienone is 3. The molecule has 1 aromatic carbocycles. The smallest absolute Gasteiger partial charge is 0.337 e. The molecular weight excluding hydrogens is 578 g/mol. The summed E-state index contributed by atoms with van der Waals surface area (Å²) in [5, 5.41) is 16.0. The highest BCUT2D eigenvalue weighted by Gasteiger charge is 2.69. The molecule has 5 aliphatic rings. The monoisotopic (exact) mass is 650 g/mol. The van der Waals surface area contributed by atoms with Gasteiger partial charge in [0.1, 0.15) is 0 Å². The van der Waals surface area contributed by atoms with Crippen LogP contribution in [0.25, 0.3) is 5.57 Å². The van der Waals surface area contributed by atoms with Crippen molar-refractivity contribution in [2.45, 2.75) is 133 Å². The van der Waals surface area contributed by atoms with Crippen molar-refractivity contribution < 1.29 is 14.6 Å². The summed E-state index contributed by atoms with van der Waals surface area (Å²) < 4.78 is 4.92. The zero-order valence-electron chi connectivity index (χ0n) is 32.2. The van der Waals surface area contributed by atoms with E-state index in [0.29, 0.717) is 34.3 Å². The van der Waals surface area contributed by atoms with Gasteiger partial charge in [-0.15, -0.1) is 6.58 Å². The van der Waals surface area contributed by atoms with E-state index in [0.717, 1.165) is 24.2 Å². The van der Waals surface area contributed by atoms with E-state index in [9.17, 15) is 9.90 Å². The summed E-state index contributed by atoms with van der Waals surface area (Å²) in [5.41, 5.74) is 4.70. The molecule has 8 atom stereocenters. The Morgan fingerprint density at radius 2 is 1.47 bits per heavy atom. The maximum atomic E-state index is 12.0. The summed E-state index contributed by atoms with van der Waals surface area (Å²) in [6, 6.07) is 8.09. The second-order valence-corrected chi connectivity index (χ2v) is 15.7. The third kappa shape index (κ3) is 6.71. The van der Waals surface area contributed by atoms with Gasteiger partial charge in [0.2, 0.25) is 0 Å². The van der Waals surface area contributed by atoms with Crippen molar-refractivity contribution in [3.63, 3.8) is 0 Å². The van der Waals surface area contributed by atoms with Crippen LogP contribution in [0, 0.1) is 56.2 Å². The molecule has 4 nitrogen and oxygen atoms in total. The number of ether oxygens (including phenoxy) is 1. The average Bonchev–Trinajstić information content (AvgIpc) is 3.52. The average molecular weight is 650 g/mol. The van der Waals surface area contributed by atoms with E-state index in [1.54, 1.807) is 6.08 Å². The number of nitrogens with one attached hydrogen (secondary N) is 1. The summed E-state index contributed by atoms with van der Waals surface area (Å²) >= 11 is 0. The van der Waals surface area contributed by atoms with Gasteiger partial charge in [-0.1, -0.05) is 93.0 Å². The molecule has 4 fully saturated rings. The fourth-order valence-electron chi connectivity index (χ4n) is 12.0. The van der Waals surface area contributed by atoms with Crippen molar-refractivity contribution in [3.8, 4) is 0 Å². The van der Waals surface area contributed by atoms with E-state index < -0.39 is 0 Å². The first-order chi connectivity index (χ1) is 22.4. The quantitative estimate of drug-likeness (QED) is 0.194. The number of hydrogen-bond donors (Lipinski definition) is 2. The number of fused-ring (bicyclic) bond motifs is 7. The van der Waals surface area contributed by atoms with Crippen molar-refractivity contribution in [1.82, 2.24) is 0 Å². The first-order valence-corrected chi connectivity index (χ1v) is 18.8. The Balaban J connectivity index is 0.000000782. The number of hydrogen-bond acceptors (Lipinski definition) is 4. The SMILES string of the molecule is C=CC.C=N.CC.CC.COC(=O)c1ccc(C2=CCC3(C)C(CCC4(C)C3CCC3C5CCCC5(CO)CC[C@]34C)C2(C)C)cc1. The Morgan fingerprint density at radius 1 is 0.872 bits per heavy atom. The predicted octanol–water partition coefficient (Wildman–Crippen LogP) is 11.8. The molecule has 0 radical (unpaired) electrons. The fourth-order valence-corrected chi connectivity index (χ4v) is 12.0. The van der Waals surface area contributed by atoms with Gasteiger partial charge >= 0.3 is 5.97 Å². The third-order valence-electron chi connectivity index (χ3n) is 14.1. The lowest BCUT2D eigenvalue weighted by Crippen LogP contribution is -2.65. The van der Waals surface area contributed by atoms with Crippen LogP contribution in [0.2, 0.25) is 0 Å². The van der Waals surface area contributed by atoms with E-state index in [-0.39, 0.29) is 16.8 Å². The highest BCUT2D eigenvalue weighted by Crippen LogP contribution is 2.77. The van der Waals surface area contributed by atoms with Gasteiger partial charge in [0.15, 0.2) is 0 Å². The van der Waals surface area contributed by atoms with Crippen molar-refractivity contribution in [3.05, 3.63) is 54.1 Å². The Hall–Kier alpha value is -2.20. The lowest BCUT2D eigenvalue weighted by atomic mass is 9.33. The molecule has 1 aromatic rings. The fraction of sp³-hybridized carbons (Fsp3) is 0.721. The lowest BCUT2D eigenvalue weighted by molar-refractivity contribution is -0.225. The number of esters is 1. The molecule has 0 amide bonds. The number of benzene rings is 1. The largest absolute Gasteiger partial charge is 0.465 e. The van der Waals surface area contributed by atoms with E-state index in [2.05, 4.69) is 66.1 Å². The molecule has 5 aliphatic carbocycles. The lowest BCUT2D eigenvalue weighted by Gasteiger charge is -2.72. The number of aliphatic hydroxyl groups excluding tert-OH is 1. The minimum atomic E-state index is -0.270. The van der Waals surface area contributed by atoms with E-state index in [4.69, 9.17) is 10.1 Å². The minimum Gasteiger partial charge on any atom is -0.465 e. The van der Waals surface area contributed by atoms with Crippen molar-refractivity contribution in [2.75, 3.05) is 13.7 Å². The molecular formula is C43H71NO3. The molecule has 2 N–H and O–H groups in total. The van der Waals surface area contributed by atoms with Crippen molar-refractivity contribution in [2.24, 2.45) is 50.7 Å². The molecule has 6 rings (SSSR count). The van der Waals surface area contributed by atoms with Crippen LogP contribution in [0.15, 0.2) is 43.0 Å². The molecule has 0 heterocycles. The summed E-state index contributed by atoms with van der Waals surface area (Å²) in [6.07, 6.45) is 17.3. The van der Waals surface area contributed by atoms with Gasteiger partial charge in [-0.25, -0.2) is 4.79 Å². The molecule has 47 heavy (non-hydrogen) atoms. The van der Waals surface area contributed by atoms with Crippen LogP contribution in [0.5, 0.6) is 0 Å². The van der Waals surface area contributed by atoms with Gasteiger partial charge in [0.05, 0.1) is 12.7 Å². The number of carbonyl (C=O) groups excluding carboxylic acids is 1. The van der Waals surface area contributed by atoms with Crippen molar-refractivity contribution >= 4 is 18.3 Å². The van der Waals surface area contributed by atoms with Crippen LogP contribution < -0.4 is 0 Å². The van der Waals surface area contributed by atoms with E-state index >= 15 is 0 Å². The van der Waals surface area contributed by atoms with Gasteiger partial charge in [-0.2, -0.15) is 0 Å². The van der Waals surface area contributed by atoms with Gasteiger partial charge in [-0.05, 0) is 145 Å². The highest BCUT2D eigenvalue weighted by molar-refractivity contribution is 5.89. The van der Waals surface area contributed by atoms with Crippen LogP contribution in [-0.4, -0.2) is 31.5 Å². The molecule has 0 bridgehead atoms. The van der Waals surface area contributed by atoms with E-state index in [1.165, 1.54) is 76.0 Å². The zero-order chi connectivity index (χ0) is 35.8. The Bertz CT molecular complexity index is 1200. The molecule has 7 unspecified atom stereocenters. The number of methoxy groups -OCH3 is 1. The summed E-state index contributed by atoms with van der Waals surface area (Å²) in [5.74, 6) is 2.64. The molecule has 0 aromatic heterocycles. The van der Waals surface area contributed by atoms with Crippen LogP contribution >= 0.6 is 0 Å². The Morgan fingerprint density at radius 3 is 2.02 bits per heavy atom. The van der Waals surface area contributed by atoms with Gasteiger partial charge < -0.3 is 15.3 Å². The summed E-state index contributed by atoms with van der Waals surface area (Å²) in [7, 11) is 1.44. The van der Waals surface area contributed by atoms with Gasteiger partial charge in [0, 0.05) is 6.61 Å². The third-order valence-corrected chi connectivity index (χ3v) is 14.1. The molecule has 0 spiro atoms. The second kappa shape index (κ2) is 16.5. The van der Waals surface area contributed by atoms with Crippen LogP contribution in [0.3, 0.4) is 0 Å². The molecule has 266 valence electrons. The van der Waals surface area contributed by atoms with Crippen LogP contribution in [-0.2, 0) is 4.74 Å². The van der Waals surface area contributed by atoms with Gasteiger partial charge in [-0.3, -0.25) is 0 Å². The van der Waals surface area contributed by atoms with Crippen molar-refractivity contribution in [1.29, 1.82) is 5.41 Å². The minimum absolute atomic E-state index is 0.0862. The normalized spacial score (nSPS) is 37.1. The summed E-state index contributed by atoms with van der Waals surface area (Å²) in [6.45, 7) is 29.2. The van der Waals surface area contributed by atoms with Crippen LogP contribution in [0.4, 0.5) is 0 Å². The number of carbonyl (C=O) groups is 1. The second-order valence-electron chi connectivity index (χ2n) is 15.7. The maximum Gasteiger partial charge on any atom is 0.337 e. The first kappa shape index (κ1) is 41.0. The number of rotatable bonds is 3. The maximum absolute atomic E-state index is 12.0. The number of aliphatic hydroxyl groups is 1. The van der Waals surface area contributed by atoms with Gasteiger partial charge in [0.25, 0.3) is 0 Å². The predicted molar refractivity (Wildman–Crippen MR) is 202 cm³/mol. The standard InChI is InChI=1S/C35H50O3.C3H6.2C2H6.CH3N/c1-31(2)25(23-9-11-24(12-10-23)30(37)38-6)15-18-32(3)28(31)16-19-34(5)29(32)14-13-26-27-8-7-17-35(27,22-36)21-20-33(26,34)4;1-3-2;3*1-2/h9-12,15,26-29,36H,7-8,13-14,16-22H2,1-6H3;3H,1H2,2H3;2*1-2H3;2H,1H2/t26?,27?,28?,29?,32?,33-,34?,35?;;;;/m1..../s1. The highest BCUT2D eigenvalue weighted by atomic mass is 16.5. The Labute approximate surface area is 289 Å². The topological polar surface area (TPSA) is 70.4 Å².